The van der Waals surface area contributed by atoms with Crippen molar-refractivity contribution >= 4 is 34.2 Å². The van der Waals surface area contributed by atoms with Crippen LogP contribution in [-0.4, -0.2) is 35.6 Å². The molecule has 2 aliphatic heterocycles. The average Bonchev–Trinajstić information content (AvgIpc) is 3.06. The van der Waals surface area contributed by atoms with Gasteiger partial charge in [-0.2, -0.15) is 12.6 Å². The monoisotopic (exact) mass is 381 g/mol. The van der Waals surface area contributed by atoms with E-state index in [0.29, 0.717) is 5.75 Å². The summed E-state index contributed by atoms with van der Waals surface area (Å²) in [6.45, 7) is 1.98. The van der Waals surface area contributed by atoms with Crippen LogP contribution in [0.15, 0.2) is 30.3 Å². The maximum atomic E-state index is 10.1. The second-order valence-corrected chi connectivity index (χ2v) is 8.46. The fraction of sp³-hybridized carbons (Fsp3) is 0.364. The van der Waals surface area contributed by atoms with Gasteiger partial charge in [0.1, 0.15) is 5.75 Å². The molecule has 1 atom stereocenters. The summed E-state index contributed by atoms with van der Waals surface area (Å²) in [5.41, 5.74) is 2.69. The molecule has 2 heterocycles. The van der Waals surface area contributed by atoms with Crippen molar-refractivity contribution in [3.8, 4) is 17.2 Å². The maximum Gasteiger partial charge on any atom is 0.161 e. The van der Waals surface area contributed by atoms with Crippen molar-refractivity contribution in [3.63, 3.8) is 0 Å². The molecule has 2 aliphatic rings. The molecular weight excluding hydrogens is 358 g/mol. The fourth-order valence-electron chi connectivity index (χ4n) is 4.90. The maximum absolute atomic E-state index is 10.1. The van der Waals surface area contributed by atoms with Crippen LogP contribution in [0, 0.1) is 0 Å². The molecule has 5 heteroatoms. The number of phenols is 1. The lowest BCUT2D eigenvalue weighted by Gasteiger charge is -2.40. The normalized spacial score (nSPS) is 22.0. The van der Waals surface area contributed by atoms with Crippen molar-refractivity contribution in [2.45, 2.75) is 30.7 Å². The predicted octanol–water partition coefficient (Wildman–Crippen LogP) is 4.49. The number of fused-ring (bicyclic) bond motifs is 7. The third-order valence-electron chi connectivity index (χ3n) is 6.23. The smallest absolute Gasteiger partial charge is 0.161 e. The lowest BCUT2D eigenvalue weighted by molar-refractivity contribution is 0.202. The first-order valence-corrected chi connectivity index (χ1v) is 9.78. The van der Waals surface area contributed by atoms with Gasteiger partial charge in [-0.05, 0) is 76.3 Å². The molecule has 1 N–H and O–H groups in total. The molecule has 3 aromatic rings. The SMILES string of the molecule is COc1cc2c3c(c4ccc(O)cc4c2cc1OC)CN1CCCC1(S)C3. The summed E-state index contributed by atoms with van der Waals surface area (Å²) in [4.78, 5) is 2.43. The molecule has 0 radical (unpaired) electrons. The number of hydrogen-bond acceptors (Lipinski definition) is 5. The average molecular weight is 381 g/mol. The van der Waals surface area contributed by atoms with Gasteiger partial charge in [-0.15, -0.1) is 0 Å². The van der Waals surface area contributed by atoms with Gasteiger partial charge in [-0.25, -0.2) is 0 Å². The first-order chi connectivity index (χ1) is 13.0. The number of thiol groups is 1. The molecule has 4 nitrogen and oxygen atoms in total. The number of aromatic hydroxyl groups is 1. The molecule has 0 amide bonds. The molecule has 0 aromatic heterocycles. The highest BCUT2D eigenvalue weighted by Crippen LogP contribution is 2.48. The summed E-state index contributed by atoms with van der Waals surface area (Å²) in [6, 6.07) is 9.79. The molecule has 1 fully saturated rings. The standard InChI is InChI=1S/C22H23NO3S/c1-25-20-9-16-15-8-13(24)4-5-14(15)19-12-23-7-3-6-22(23,27)11-18(19)17(16)10-21(20)26-2/h4-5,8-10,24,27H,3,6-7,11-12H2,1-2H3. The van der Waals surface area contributed by atoms with Crippen LogP contribution in [0.5, 0.6) is 17.2 Å². The number of methoxy groups -OCH3 is 2. The molecule has 1 unspecified atom stereocenters. The quantitative estimate of drug-likeness (QED) is 0.507. The van der Waals surface area contributed by atoms with Gasteiger partial charge in [0.2, 0.25) is 0 Å². The summed E-state index contributed by atoms with van der Waals surface area (Å²) in [7, 11) is 3.32. The molecule has 0 aliphatic carbocycles. The van der Waals surface area contributed by atoms with E-state index in [1.54, 1.807) is 20.3 Å². The Morgan fingerprint density at radius 3 is 2.41 bits per heavy atom. The van der Waals surface area contributed by atoms with E-state index < -0.39 is 0 Å². The minimum atomic E-state index is -0.0717. The summed E-state index contributed by atoms with van der Waals surface area (Å²) in [5.74, 6) is 1.71. The first kappa shape index (κ1) is 17.0. The Hall–Kier alpha value is -2.11. The van der Waals surface area contributed by atoms with Gasteiger partial charge in [0, 0.05) is 13.0 Å². The van der Waals surface area contributed by atoms with E-state index in [-0.39, 0.29) is 10.6 Å². The lowest BCUT2D eigenvalue weighted by atomic mass is 9.85. The molecule has 27 heavy (non-hydrogen) atoms. The molecule has 1 saturated heterocycles. The van der Waals surface area contributed by atoms with Gasteiger partial charge in [-0.1, -0.05) is 6.07 Å². The van der Waals surface area contributed by atoms with Crippen LogP contribution >= 0.6 is 12.6 Å². The van der Waals surface area contributed by atoms with Crippen LogP contribution in [-0.2, 0) is 13.0 Å². The topological polar surface area (TPSA) is 41.9 Å². The van der Waals surface area contributed by atoms with Crippen LogP contribution < -0.4 is 9.47 Å². The van der Waals surface area contributed by atoms with E-state index in [9.17, 15) is 5.11 Å². The highest BCUT2D eigenvalue weighted by atomic mass is 32.1. The van der Waals surface area contributed by atoms with Crippen LogP contribution in [0.25, 0.3) is 21.5 Å². The van der Waals surface area contributed by atoms with E-state index in [4.69, 9.17) is 22.1 Å². The van der Waals surface area contributed by atoms with Crippen LogP contribution in [0.2, 0.25) is 0 Å². The Morgan fingerprint density at radius 2 is 1.67 bits per heavy atom. The van der Waals surface area contributed by atoms with E-state index in [0.717, 1.165) is 42.5 Å². The van der Waals surface area contributed by atoms with Gasteiger partial charge in [0.05, 0.1) is 19.1 Å². The van der Waals surface area contributed by atoms with Crippen molar-refractivity contribution in [2.75, 3.05) is 20.8 Å². The van der Waals surface area contributed by atoms with Gasteiger partial charge >= 0.3 is 0 Å². The number of nitrogens with zero attached hydrogens (tertiary/aromatic N) is 1. The Balaban J connectivity index is 1.90. The summed E-state index contributed by atoms with van der Waals surface area (Å²) >= 11 is 5.09. The van der Waals surface area contributed by atoms with Gasteiger partial charge in [-0.3, -0.25) is 4.90 Å². The molecule has 0 saturated carbocycles. The Morgan fingerprint density at radius 1 is 0.963 bits per heavy atom. The Kier molecular flexibility index (Phi) is 3.75. The molecule has 140 valence electrons. The van der Waals surface area contributed by atoms with Gasteiger partial charge in [0.15, 0.2) is 11.5 Å². The van der Waals surface area contributed by atoms with E-state index >= 15 is 0 Å². The molecule has 3 aromatic carbocycles. The highest BCUT2D eigenvalue weighted by Gasteiger charge is 2.42. The first-order valence-electron chi connectivity index (χ1n) is 9.33. The number of benzene rings is 3. The van der Waals surface area contributed by atoms with Crippen molar-refractivity contribution in [3.05, 3.63) is 41.5 Å². The van der Waals surface area contributed by atoms with Crippen molar-refractivity contribution in [2.24, 2.45) is 0 Å². The van der Waals surface area contributed by atoms with Crippen LogP contribution in [0.3, 0.4) is 0 Å². The number of hydrogen-bond donors (Lipinski definition) is 2. The zero-order valence-electron chi connectivity index (χ0n) is 15.6. The zero-order valence-corrected chi connectivity index (χ0v) is 16.5. The summed E-state index contributed by atoms with van der Waals surface area (Å²) in [5, 5.41) is 14.6. The second kappa shape index (κ2) is 5.94. The number of phenolic OH excluding ortho intramolecular Hbond substituents is 1. The van der Waals surface area contributed by atoms with E-state index in [1.165, 1.54) is 28.3 Å². The fourth-order valence-corrected chi connectivity index (χ4v) is 5.38. The zero-order chi connectivity index (χ0) is 18.8. The molecule has 0 bridgehead atoms. The summed E-state index contributed by atoms with van der Waals surface area (Å²) < 4.78 is 11.1. The summed E-state index contributed by atoms with van der Waals surface area (Å²) in [6.07, 6.45) is 3.21. The third-order valence-corrected chi connectivity index (χ3v) is 6.90. The van der Waals surface area contributed by atoms with E-state index in [2.05, 4.69) is 11.0 Å². The second-order valence-electron chi connectivity index (χ2n) is 7.62. The number of ether oxygens (including phenoxy) is 2. The highest BCUT2D eigenvalue weighted by molar-refractivity contribution is 7.81. The number of rotatable bonds is 2. The van der Waals surface area contributed by atoms with E-state index in [1.807, 2.05) is 18.2 Å². The largest absolute Gasteiger partial charge is 0.508 e. The third kappa shape index (κ3) is 2.41. The minimum Gasteiger partial charge on any atom is -0.508 e. The van der Waals surface area contributed by atoms with Crippen molar-refractivity contribution < 1.29 is 14.6 Å². The Bertz CT molecular complexity index is 1080. The van der Waals surface area contributed by atoms with Crippen LogP contribution in [0.1, 0.15) is 24.0 Å². The lowest BCUT2D eigenvalue weighted by Crippen LogP contribution is -2.44. The molecule has 5 rings (SSSR count). The molecule has 0 spiro atoms. The minimum absolute atomic E-state index is 0.0717. The van der Waals surface area contributed by atoms with Crippen molar-refractivity contribution in [1.29, 1.82) is 0 Å². The van der Waals surface area contributed by atoms with Crippen molar-refractivity contribution in [1.82, 2.24) is 4.90 Å². The molecular formula is C22H23NO3S. The predicted molar refractivity (Wildman–Crippen MR) is 111 cm³/mol. The van der Waals surface area contributed by atoms with Gasteiger partial charge in [0.25, 0.3) is 0 Å². The van der Waals surface area contributed by atoms with Crippen LogP contribution in [0.4, 0.5) is 0 Å². The Labute approximate surface area is 164 Å². The van der Waals surface area contributed by atoms with Gasteiger partial charge < -0.3 is 14.6 Å².